The number of aromatic nitrogens is 4. The van der Waals surface area contributed by atoms with Gasteiger partial charge in [-0.1, -0.05) is 24.3 Å². The average Bonchev–Trinajstić information content (AvgIpc) is 3.39. The molecule has 32 heavy (non-hydrogen) atoms. The van der Waals surface area contributed by atoms with Crippen LogP contribution in [0.3, 0.4) is 0 Å². The summed E-state index contributed by atoms with van der Waals surface area (Å²) in [6.07, 6.45) is 0. The summed E-state index contributed by atoms with van der Waals surface area (Å²) in [5.41, 5.74) is 9.62. The Hall–Kier alpha value is -3.76. The van der Waals surface area contributed by atoms with Crippen LogP contribution >= 0.6 is 0 Å². The summed E-state index contributed by atoms with van der Waals surface area (Å²) in [5.74, 6) is 0.365. The normalized spacial score (nSPS) is 14.6. The maximum atomic E-state index is 12.9. The van der Waals surface area contributed by atoms with E-state index in [-0.39, 0.29) is 18.3 Å². The van der Waals surface area contributed by atoms with Crippen LogP contribution in [0, 0.1) is 0 Å². The van der Waals surface area contributed by atoms with Gasteiger partial charge in [0.2, 0.25) is 5.91 Å². The summed E-state index contributed by atoms with van der Waals surface area (Å²) in [7, 11) is 0. The Bertz CT molecular complexity index is 1230. The third-order valence-corrected chi connectivity index (χ3v) is 5.43. The first-order valence-electron chi connectivity index (χ1n) is 10.4. The molecule has 0 radical (unpaired) electrons. The van der Waals surface area contributed by atoms with Gasteiger partial charge in [0.25, 0.3) is 0 Å². The number of nitrogens with two attached hydrogens (primary N) is 1. The molecule has 0 spiro atoms. The highest BCUT2D eigenvalue weighted by molar-refractivity contribution is 5.92. The van der Waals surface area contributed by atoms with E-state index in [1.54, 1.807) is 4.57 Å². The maximum absolute atomic E-state index is 12.9. The largest absolute Gasteiger partial charge is 0.379 e. The smallest absolute Gasteiger partial charge is 0.244 e. The summed E-state index contributed by atoms with van der Waals surface area (Å²) < 4.78 is 11.9. The van der Waals surface area contributed by atoms with E-state index in [1.165, 1.54) is 5.56 Å². The van der Waals surface area contributed by atoms with E-state index in [1.807, 2.05) is 48.5 Å². The summed E-state index contributed by atoms with van der Waals surface area (Å²) in [5, 5.41) is 10.4. The summed E-state index contributed by atoms with van der Waals surface area (Å²) in [6.45, 7) is 4.33. The molecule has 2 aromatic heterocycles. The van der Waals surface area contributed by atoms with Crippen molar-refractivity contribution in [2.75, 3.05) is 37.4 Å². The zero-order valence-electron chi connectivity index (χ0n) is 17.4. The molecule has 1 fully saturated rings. The fraction of sp³-hybridized carbons (Fsp3) is 0.273. The quantitative estimate of drug-likeness (QED) is 0.474. The number of carbonyl (C=O) groups excluding carboxylic acids is 1. The average molecular weight is 433 g/mol. The number of benzene rings is 2. The van der Waals surface area contributed by atoms with E-state index < -0.39 is 0 Å². The molecule has 3 heterocycles. The standard InChI is InChI=1S/C22H23N7O3/c23-21-20(26-32-27-21)22-25-17-3-1-2-4-18(17)29(22)14-19(30)24-16-7-5-15(6-8-16)13-28-9-11-31-12-10-28/h1-8H,9-14H2,(H2,23,27)(H,24,30). The summed E-state index contributed by atoms with van der Waals surface area (Å²) in [4.78, 5) is 19.8. The molecule has 0 bridgehead atoms. The first-order chi connectivity index (χ1) is 15.7. The number of morpholine rings is 1. The first kappa shape index (κ1) is 20.2. The van der Waals surface area contributed by atoms with Crippen molar-refractivity contribution in [1.29, 1.82) is 0 Å². The summed E-state index contributed by atoms with van der Waals surface area (Å²) >= 11 is 0. The van der Waals surface area contributed by atoms with Crippen LogP contribution in [-0.4, -0.2) is 57.0 Å². The van der Waals surface area contributed by atoms with Crippen molar-refractivity contribution in [2.45, 2.75) is 13.1 Å². The molecular formula is C22H23N7O3. The van der Waals surface area contributed by atoms with Crippen LogP contribution in [0.4, 0.5) is 11.5 Å². The number of nitrogen functional groups attached to an aromatic ring is 1. The van der Waals surface area contributed by atoms with Crippen LogP contribution in [0.2, 0.25) is 0 Å². The minimum atomic E-state index is -0.189. The number of ether oxygens (including phenoxy) is 1. The Morgan fingerprint density at radius 3 is 2.59 bits per heavy atom. The van der Waals surface area contributed by atoms with Crippen molar-refractivity contribution in [1.82, 2.24) is 24.8 Å². The predicted molar refractivity (Wildman–Crippen MR) is 119 cm³/mol. The number of hydrogen-bond acceptors (Lipinski definition) is 8. The molecule has 0 saturated carbocycles. The Morgan fingerprint density at radius 2 is 1.84 bits per heavy atom. The van der Waals surface area contributed by atoms with Crippen molar-refractivity contribution >= 4 is 28.4 Å². The Morgan fingerprint density at radius 1 is 1.06 bits per heavy atom. The van der Waals surface area contributed by atoms with E-state index in [9.17, 15) is 4.79 Å². The molecule has 0 aliphatic carbocycles. The molecule has 164 valence electrons. The molecule has 4 aromatic rings. The highest BCUT2D eigenvalue weighted by Crippen LogP contribution is 2.26. The lowest BCUT2D eigenvalue weighted by atomic mass is 10.2. The fourth-order valence-corrected chi connectivity index (χ4v) is 3.82. The number of amides is 1. The number of nitrogens with zero attached hydrogens (tertiary/aromatic N) is 5. The number of para-hydroxylation sites is 2. The van der Waals surface area contributed by atoms with Crippen LogP contribution in [-0.2, 0) is 22.6 Å². The van der Waals surface area contributed by atoms with Gasteiger partial charge < -0.3 is 20.4 Å². The van der Waals surface area contributed by atoms with Gasteiger partial charge in [-0.25, -0.2) is 9.61 Å². The van der Waals surface area contributed by atoms with E-state index >= 15 is 0 Å². The third kappa shape index (κ3) is 4.18. The van der Waals surface area contributed by atoms with E-state index in [2.05, 4.69) is 25.5 Å². The van der Waals surface area contributed by atoms with Gasteiger partial charge in [0.1, 0.15) is 6.54 Å². The lowest BCUT2D eigenvalue weighted by Crippen LogP contribution is -2.35. The molecule has 5 rings (SSSR count). The Balaban J connectivity index is 1.31. The van der Waals surface area contributed by atoms with Crippen molar-refractivity contribution in [3.8, 4) is 11.5 Å². The minimum Gasteiger partial charge on any atom is -0.379 e. The van der Waals surface area contributed by atoms with Gasteiger partial charge in [0.15, 0.2) is 17.3 Å². The second-order valence-corrected chi connectivity index (χ2v) is 7.64. The van der Waals surface area contributed by atoms with E-state index in [0.717, 1.165) is 49.6 Å². The van der Waals surface area contributed by atoms with Gasteiger partial charge in [0, 0.05) is 25.3 Å². The van der Waals surface area contributed by atoms with Gasteiger partial charge in [-0.05, 0) is 40.1 Å². The molecule has 1 amide bonds. The van der Waals surface area contributed by atoms with Gasteiger partial charge >= 0.3 is 0 Å². The lowest BCUT2D eigenvalue weighted by Gasteiger charge is -2.26. The van der Waals surface area contributed by atoms with Gasteiger partial charge in [-0.15, -0.1) is 0 Å². The van der Waals surface area contributed by atoms with Gasteiger partial charge in [-0.3, -0.25) is 9.69 Å². The molecular weight excluding hydrogens is 410 g/mol. The van der Waals surface area contributed by atoms with E-state index in [0.29, 0.717) is 11.5 Å². The number of rotatable bonds is 6. The lowest BCUT2D eigenvalue weighted by molar-refractivity contribution is -0.116. The molecule has 1 aliphatic rings. The third-order valence-electron chi connectivity index (χ3n) is 5.43. The SMILES string of the molecule is Nc1nonc1-c1nc2ccccc2n1CC(=O)Nc1ccc(CN2CCOCC2)cc1. The second-order valence-electron chi connectivity index (χ2n) is 7.64. The molecule has 10 heteroatoms. The van der Waals surface area contributed by atoms with Crippen LogP contribution in [0.1, 0.15) is 5.56 Å². The van der Waals surface area contributed by atoms with Crippen molar-refractivity contribution in [2.24, 2.45) is 0 Å². The van der Waals surface area contributed by atoms with Gasteiger partial charge in [-0.2, -0.15) is 0 Å². The molecule has 1 saturated heterocycles. The predicted octanol–water partition coefficient (Wildman–Crippen LogP) is 2.14. The van der Waals surface area contributed by atoms with Crippen LogP contribution < -0.4 is 11.1 Å². The van der Waals surface area contributed by atoms with Crippen molar-refractivity contribution in [3.63, 3.8) is 0 Å². The maximum Gasteiger partial charge on any atom is 0.244 e. The molecule has 2 aromatic carbocycles. The second kappa shape index (κ2) is 8.77. The zero-order valence-corrected chi connectivity index (χ0v) is 17.4. The molecule has 10 nitrogen and oxygen atoms in total. The fourth-order valence-electron chi connectivity index (χ4n) is 3.82. The highest BCUT2D eigenvalue weighted by Gasteiger charge is 2.20. The van der Waals surface area contributed by atoms with Gasteiger partial charge in [0.05, 0.1) is 24.2 Å². The number of carbonyl (C=O) groups is 1. The Kier molecular flexibility index (Phi) is 5.53. The number of imidazole rings is 1. The molecule has 0 unspecified atom stereocenters. The Labute approximate surface area is 183 Å². The molecule has 1 aliphatic heterocycles. The first-order valence-corrected chi connectivity index (χ1v) is 10.4. The number of hydrogen-bond donors (Lipinski definition) is 2. The molecule has 0 atom stereocenters. The zero-order chi connectivity index (χ0) is 21.9. The monoisotopic (exact) mass is 433 g/mol. The number of fused-ring (bicyclic) bond motifs is 1. The van der Waals surface area contributed by atoms with Crippen LogP contribution in [0.15, 0.2) is 53.2 Å². The van der Waals surface area contributed by atoms with Crippen molar-refractivity contribution < 1.29 is 14.2 Å². The summed E-state index contributed by atoms with van der Waals surface area (Å²) in [6, 6.07) is 15.4. The van der Waals surface area contributed by atoms with Crippen molar-refractivity contribution in [3.05, 3.63) is 54.1 Å². The van der Waals surface area contributed by atoms with E-state index in [4.69, 9.17) is 15.1 Å². The van der Waals surface area contributed by atoms with Crippen LogP contribution in [0.5, 0.6) is 0 Å². The molecule has 3 N–H and O–H groups in total. The highest BCUT2D eigenvalue weighted by atomic mass is 16.6. The van der Waals surface area contributed by atoms with Crippen LogP contribution in [0.25, 0.3) is 22.6 Å². The number of anilines is 2. The minimum absolute atomic E-state index is 0.0394. The topological polar surface area (TPSA) is 124 Å². The number of nitrogens with one attached hydrogen (secondary N) is 1.